The van der Waals surface area contributed by atoms with Crippen molar-refractivity contribution in [3.63, 3.8) is 0 Å². The van der Waals surface area contributed by atoms with Crippen molar-refractivity contribution >= 4 is 46.2 Å². The lowest BCUT2D eigenvalue weighted by atomic mass is 9.96. The van der Waals surface area contributed by atoms with E-state index in [0.29, 0.717) is 23.7 Å². The third-order valence-corrected chi connectivity index (χ3v) is 7.18. The first-order valence-corrected chi connectivity index (χ1v) is 13.6. The highest BCUT2D eigenvalue weighted by Crippen LogP contribution is 2.39. The minimum absolute atomic E-state index is 0.0678. The zero-order valence-electron chi connectivity index (χ0n) is 23.4. The number of benzene rings is 2. The average molecular weight is 589 g/mol. The number of aromatic nitrogens is 3. The summed E-state index contributed by atoms with van der Waals surface area (Å²) in [5, 5.41) is 28.3. The van der Waals surface area contributed by atoms with Crippen molar-refractivity contribution in [2.45, 2.75) is 38.7 Å². The fourth-order valence-electron chi connectivity index (χ4n) is 4.69. The van der Waals surface area contributed by atoms with Crippen LogP contribution in [0.3, 0.4) is 0 Å². The Labute approximate surface area is 242 Å². The molecule has 0 saturated carbocycles. The molecule has 1 aliphatic rings. The van der Waals surface area contributed by atoms with Crippen LogP contribution in [0.15, 0.2) is 30.6 Å². The van der Waals surface area contributed by atoms with Gasteiger partial charge in [0.25, 0.3) is 5.69 Å². The summed E-state index contributed by atoms with van der Waals surface area (Å²) in [5.74, 6) is -0.181. The van der Waals surface area contributed by atoms with E-state index in [-0.39, 0.29) is 33.9 Å². The number of methoxy groups -OCH3 is 1. The Morgan fingerprint density at radius 1 is 1.15 bits per heavy atom. The van der Waals surface area contributed by atoms with Crippen molar-refractivity contribution in [3.8, 4) is 5.75 Å². The molecule has 0 unspecified atom stereocenters. The maximum Gasteiger partial charge on any atom is 0.294 e. The molecule has 14 heteroatoms. The number of nitrogens with zero attached hydrogens (tertiary/aromatic N) is 6. The van der Waals surface area contributed by atoms with Gasteiger partial charge in [-0.3, -0.25) is 10.1 Å². The molecule has 0 atom stereocenters. The fraction of sp³-hybridized carbons (Fsp3) is 0.444. The van der Waals surface area contributed by atoms with Gasteiger partial charge < -0.3 is 30.3 Å². The molecular formula is C27H34ClFN8O4. The molecule has 1 aromatic heterocycles. The molecule has 3 N–H and O–H groups in total. The first kappa shape index (κ1) is 30.2. The largest absolute Gasteiger partial charge is 0.494 e. The van der Waals surface area contributed by atoms with Crippen LogP contribution in [-0.2, 0) is 5.60 Å². The fourth-order valence-corrected chi connectivity index (χ4v) is 4.85. The molecule has 1 aliphatic heterocycles. The number of nitro groups is 1. The molecule has 4 rings (SSSR count). The summed E-state index contributed by atoms with van der Waals surface area (Å²) in [6.07, 6.45) is 4.82. The van der Waals surface area contributed by atoms with E-state index in [1.165, 1.54) is 58.7 Å². The maximum absolute atomic E-state index is 14.1. The Hall–Kier alpha value is -3.81. The highest BCUT2D eigenvalue weighted by molar-refractivity contribution is 6.31. The predicted octanol–water partition coefficient (Wildman–Crippen LogP) is 5.22. The molecule has 3 aromatic rings. The van der Waals surface area contributed by atoms with Gasteiger partial charge in [-0.1, -0.05) is 18.0 Å². The third kappa shape index (κ3) is 7.48. The van der Waals surface area contributed by atoms with Gasteiger partial charge in [0.05, 0.1) is 28.3 Å². The maximum atomic E-state index is 14.1. The second kappa shape index (κ2) is 12.8. The van der Waals surface area contributed by atoms with E-state index in [0.717, 1.165) is 25.7 Å². The van der Waals surface area contributed by atoms with E-state index in [9.17, 15) is 19.6 Å². The number of likely N-dealkylation sites (N-methyl/N-ethyl adjacent to an activating group) is 1. The number of likely N-dealkylation sites (tertiary alicyclic amines) is 1. The second-order valence-electron chi connectivity index (χ2n) is 10.4. The lowest BCUT2D eigenvalue weighted by molar-refractivity contribution is -0.384. The number of anilines is 5. The lowest BCUT2D eigenvalue weighted by Gasteiger charge is -2.29. The van der Waals surface area contributed by atoms with Gasteiger partial charge in [-0.15, -0.1) is 0 Å². The molecule has 12 nitrogen and oxygen atoms in total. The molecule has 1 saturated heterocycles. The Balaban J connectivity index is 1.58. The van der Waals surface area contributed by atoms with Gasteiger partial charge in [-0.2, -0.15) is 4.98 Å². The quantitative estimate of drug-likeness (QED) is 0.200. The summed E-state index contributed by atoms with van der Waals surface area (Å²) in [4.78, 5) is 28.4. The molecular weight excluding hydrogens is 555 g/mol. The van der Waals surface area contributed by atoms with Crippen LogP contribution in [0.25, 0.3) is 0 Å². The van der Waals surface area contributed by atoms with Crippen LogP contribution >= 0.6 is 11.6 Å². The number of ether oxygens (including phenoxy) is 1. The summed E-state index contributed by atoms with van der Waals surface area (Å²) >= 11 is 5.97. The molecule has 0 radical (unpaired) electrons. The minimum Gasteiger partial charge on any atom is -0.494 e. The number of hydrogen-bond acceptors (Lipinski definition) is 11. The molecule has 0 spiro atoms. The van der Waals surface area contributed by atoms with Gasteiger partial charge >= 0.3 is 0 Å². The molecule has 0 bridgehead atoms. The van der Waals surface area contributed by atoms with E-state index in [1.807, 2.05) is 11.9 Å². The average Bonchev–Trinajstić information content (AvgIpc) is 2.93. The number of aliphatic hydroxyl groups is 1. The van der Waals surface area contributed by atoms with Gasteiger partial charge in [0.1, 0.15) is 23.6 Å². The van der Waals surface area contributed by atoms with Gasteiger partial charge in [0.2, 0.25) is 11.9 Å². The summed E-state index contributed by atoms with van der Waals surface area (Å²) in [6, 6.07) is 5.47. The normalized spacial score (nSPS) is 14.0. The van der Waals surface area contributed by atoms with E-state index in [2.05, 4.69) is 30.5 Å². The van der Waals surface area contributed by atoms with Crippen LogP contribution in [0.4, 0.5) is 39.0 Å². The SMILES string of the molecule is COc1cc(N(C)CCN2CCCCC2)c([N+](=O)[O-])cc1Nc1ncnc(Nc2cc(Cl)c(F)cc2C(C)(C)O)n1. The molecule has 220 valence electrons. The van der Waals surface area contributed by atoms with Crippen molar-refractivity contribution < 1.29 is 19.2 Å². The molecule has 41 heavy (non-hydrogen) atoms. The van der Waals surface area contributed by atoms with Gasteiger partial charge in [0, 0.05) is 43.5 Å². The van der Waals surface area contributed by atoms with Crippen LogP contribution in [0.1, 0.15) is 38.7 Å². The number of hydrogen-bond donors (Lipinski definition) is 3. The van der Waals surface area contributed by atoms with Gasteiger partial charge in [-0.25, -0.2) is 14.4 Å². The zero-order valence-corrected chi connectivity index (χ0v) is 24.2. The predicted molar refractivity (Wildman–Crippen MR) is 156 cm³/mol. The zero-order chi connectivity index (χ0) is 29.7. The molecule has 1 fully saturated rings. The van der Waals surface area contributed by atoms with E-state index >= 15 is 0 Å². The van der Waals surface area contributed by atoms with Gasteiger partial charge in [-0.05, 0) is 51.9 Å². The minimum atomic E-state index is -1.39. The Morgan fingerprint density at radius 2 is 1.80 bits per heavy atom. The topological polar surface area (TPSA) is 142 Å². The smallest absolute Gasteiger partial charge is 0.294 e. The van der Waals surface area contributed by atoms with Crippen molar-refractivity contribution in [3.05, 3.63) is 57.1 Å². The van der Waals surface area contributed by atoms with E-state index in [4.69, 9.17) is 16.3 Å². The highest BCUT2D eigenvalue weighted by Gasteiger charge is 2.25. The van der Waals surface area contributed by atoms with Crippen LogP contribution in [-0.4, -0.2) is 70.2 Å². The number of halogens is 2. The van der Waals surface area contributed by atoms with Crippen LogP contribution in [0.5, 0.6) is 5.75 Å². The number of nitro benzene ring substituents is 1. The summed E-state index contributed by atoms with van der Waals surface area (Å²) in [6.45, 7) is 6.53. The van der Waals surface area contributed by atoms with Gasteiger partial charge in [0.15, 0.2) is 0 Å². The molecule has 0 amide bonds. The Kier molecular flexibility index (Phi) is 9.41. The highest BCUT2D eigenvalue weighted by atomic mass is 35.5. The molecule has 2 heterocycles. The van der Waals surface area contributed by atoms with Crippen LogP contribution in [0.2, 0.25) is 5.02 Å². The summed E-state index contributed by atoms with van der Waals surface area (Å²) < 4.78 is 19.7. The van der Waals surface area contributed by atoms with E-state index < -0.39 is 16.3 Å². The van der Waals surface area contributed by atoms with Crippen molar-refractivity contribution in [2.75, 3.05) is 55.9 Å². The van der Waals surface area contributed by atoms with Crippen LogP contribution < -0.4 is 20.3 Å². The van der Waals surface area contributed by atoms with Crippen LogP contribution in [0, 0.1) is 15.9 Å². The first-order valence-electron chi connectivity index (χ1n) is 13.2. The second-order valence-corrected chi connectivity index (χ2v) is 10.8. The monoisotopic (exact) mass is 588 g/mol. The standard InChI is InChI=1S/C27H34ClFN8O4/c1-27(2,38)17-12-19(29)18(28)13-20(17)32-25-30-16-31-26(34-25)33-21-14-23(37(39)40)22(15-24(21)41-4)35(3)10-11-36-8-6-5-7-9-36/h12-16,38H,5-11H2,1-4H3,(H2,30,31,32,33,34). The number of rotatable bonds is 11. The first-order chi connectivity index (χ1) is 19.5. The Morgan fingerprint density at radius 3 is 2.41 bits per heavy atom. The van der Waals surface area contributed by atoms with E-state index in [1.54, 1.807) is 6.07 Å². The van der Waals surface area contributed by atoms with Crippen molar-refractivity contribution in [1.82, 2.24) is 19.9 Å². The van der Waals surface area contributed by atoms with Crippen molar-refractivity contribution in [1.29, 1.82) is 0 Å². The number of nitrogens with one attached hydrogen (secondary N) is 2. The lowest BCUT2D eigenvalue weighted by Crippen LogP contribution is -2.36. The molecule has 2 aromatic carbocycles. The molecule has 0 aliphatic carbocycles. The van der Waals surface area contributed by atoms with Crippen molar-refractivity contribution in [2.24, 2.45) is 0 Å². The number of piperidine rings is 1. The summed E-state index contributed by atoms with van der Waals surface area (Å²) in [7, 11) is 3.30. The Bertz CT molecular complexity index is 1400. The third-order valence-electron chi connectivity index (χ3n) is 6.89. The summed E-state index contributed by atoms with van der Waals surface area (Å²) in [5.41, 5.74) is -0.238.